The van der Waals surface area contributed by atoms with Crippen LogP contribution in [0.5, 0.6) is 0 Å². The highest BCUT2D eigenvalue weighted by atomic mass is 16.5. The molecule has 2 rings (SSSR count). The van der Waals surface area contributed by atoms with Crippen molar-refractivity contribution in [2.45, 2.75) is 51.2 Å². The molecule has 0 bridgehead atoms. The predicted molar refractivity (Wildman–Crippen MR) is 65.0 cm³/mol. The molecule has 3 unspecified atom stereocenters. The summed E-state index contributed by atoms with van der Waals surface area (Å²) in [4.78, 5) is 13.3. The third-order valence-corrected chi connectivity index (χ3v) is 4.24. The van der Waals surface area contributed by atoms with Crippen LogP contribution in [0.15, 0.2) is 0 Å². The third-order valence-electron chi connectivity index (χ3n) is 4.24. The van der Waals surface area contributed by atoms with Crippen molar-refractivity contribution >= 4 is 5.97 Å². The van der Waals surface area contributed by atoms with Crippen molar-refractivity contribution in [1.29, 1.82) is 0 Å². The number of hydrogen-bond acceptors (Lipinski definition) is 3. The first-order chi connectivity index (χ1) is 8.22. The van der Waals surface area contributed by atoms with E-state index in [9.17, 15) is 4.79 Å². The molecule has 2 fully saturated rings. The Morgan fingerprint density at radius 1 is 1.41 bits per heavy atom. The van der Waals surface area contributed by atoms with Crippen molar-refractivity contribution in [3.05, 3.63) is 0 Å². The third kappa shape index (κ3) is 2.99. The molecule has 0 spiro atoms. The van der Waals surface area contributed by atoms with Crippen molar-refractivity contribution in [2.75, 3.05) is 19.7 Å². The lowest BCUT2D eigenvalue weighted by molar-refractivity contribution is -0.158. The first-order valence-electron chi connectivity index (χ1n) is 6.80. The van der Waals surface area contributed by atoms with Crippen molar-refractivity contribution < 1.29 is 14.6 Å². The number of hydrogen-bond donors (Lipinski definition) is 1. The van der Waals surface area contributed by atoms with Crippen LogP contribution in [0.4, 0.5) is 0 Å². The first-order valence-corrected chi connectivity index (χ1v) is 6.80. The number of aliphatic carboxylic acids is 1. The summed E-state index contributed by atoms with van der Waals surface area (Å²) in [6, 6.07) is 0.583. The fraction of sp³-hybridized carbons (Fsp3) is 0.923. The zero-order valence-electron chi connectivity index (χ0n) is 10.6. The van der Waals surface area contributed by atoms with Crippen LogP contribution in [0.3, 0.4) is 0 Å². The minimum atomic E-state index is -0.821. The Kier molecular flexibility index (Phi) is 4.40. The molecular weight excluding hydrogens is 218 g/mol. The average Bonchev–Trinajstić information content (AvgIpc) is 2.39. The highest BCUT2D eigenvalue weighted by Crippen LogP contribution is 2.31. The smallest absolute Gasteiger partial charge is 0.334 e. The Morgan fingerprint density at radius 3 is 2.88 bits per heavy atom. The predicted octanol–water partition coefficient (Wildman–Crippen LogP) is 1.74. The van der Waals surface area contributed by atoms with Crippen LogP contribution in [0.25, 0.3) is 0 Å². The van der Waals surface area contributed by atoms with Crippen molar-refractivity contribution in [2.24, 2.45) is 5.92 Å². The Bertz CT molecular complexity index is 269. The summed E-state index contributed by atoms with van der Waals surface area (Å²) in [5.74, 6) is -0.0742. The first kappa shape index (κ1) is 12.8. The van der Waals surface area contributed by atoms with Crippen molar-refractivity contribution in [1.82, 2.24) is 4.90 Å². The van der Waals surface area contributed by atoms with Gasteiger partial charge in [0, 0.05) is 19.1 Å². The van der Waals surface area contributed by atoms with E-state index in [1.807, 2.05) is 0 Å². The largest absolute Gasteiger partial charge is 0.479 e. The molecule has 1 saturated heterocycles. The molecule has 17 heavy (non-hydrogen) atoms. The molecule has 4 heteroatoms. The normalized spacial score (nSPS) is 35.7. The van der Waals surface area contributed by atoms with Gasteiger partial charge in [0.25, 0.3) is 0 Å². The topological polar surface area (TPSA) is 49.8 Å². The molecule has 0 aromatic carbocycles. The number of carbonyl (C=O) groups is 1. The summed E-state index contributed by atoms with van der Waals surface area (Å²) < 4.78 is 5.29. The van der Waals surface area contributed by atoms with Gasteiger partial charge in [-0.1, -0.05) is 26.2 Å². The number of carboxylic acids is 1. The number of ether oxygens (including phenoxy) is 1. The minimum absolute atomic E-state index is 0.559. The standard InChI is InChI=1S/C13H23NO3/c1-2-10-5-3-4-6-11(10)14-7-8-17-12(9-14)13(15)16/h10-12H,2-9H2,1H3,(H,15,16). The average molecular weight is 241 g/mol. The zero-order valence-corrected chi connectivity index (χ0v) is 10.6. The zero-order chi connectivity index (χ0) is 12.3. The molecule has 0 aromatic heterocycles. The van der Waals surface area contributed by atoms with E-state index < -0.39 is 12.1 Å². The maximum atomic E-state index is 11.0. The fourth-order valence-corrected chi connectivity index (χ4v) is 3.26. The van der Waals surface area contributed by atoms with Crippen LogP contribution in [-0.4, -0.2) is 47.8 Å². The summed E-state index contributed by atoms with van der Waals surface area (Å²) in [6.07, 6.45) is 5.74. The van der Waals surface area contributed by atoms with E-state index in [1.165, 1.54) is 32.1 Å². The molecule has 98 valence electrons. The molecule has 2 aliphatic rings. The molecule has 1 aliphatic heterocycles. The van der Waals surface area contributed by atoms with Gasteiger partial charge in [-0.15, -0.1) is 0 Å². The Hall–Kier alpha value is -0.610. The molecule has 1 heterocycles. The molecule has 0 radical (unpaired) electrons. The Morgan fingerprint density at radius 2 is 2.18 bits per heavy atom. The molecule has 3 atom stereocenters. The maximum Gasteiger partial charge on any atom is 0.334 e. The Balaban J connectivity index is 1.97. The van der Waals surface area contributed by atoms with Gasteiger partial charge >= 0.3 is 5.97 Å². The van der Waals surface area contributed by atoms with Gasteiger partial charge in [-0.3, -0.25) is 4.90 Å². The number of morpholine rings is 1. The second-order valence-corrected chi connectivity index (χ2v) is 5.21. The molecule has 0 aromatic rings. The van der Waals surface area contributed by atoms with Gasteiger partial charge in [0.2, 0.25) is 0 Å². The van der Waals surface area contributed by atoms with E-state index in [-0.39, 0.29) is 0 Å². The molecule has 1 N–H and O–H groups in total. The fourth-order valence-electron chi connectivity index (χ4n) is 3.26. The van der Waals surface area contributed by atoms with E-state index in [1.54, 1.807) is 0 Å². The van der Waals surface area contributed by atoms with Gasteiger partial charge in [-0.05, 0) is 18.8 Å². The monoisotopic (exact) mass is 241 g/mol. The summed E-state index contributed by atoms with van der Waals surface area (Å²) in [7, 11) is 0. The van der Waals surface area contributed by atoms with E-state index in [0.29, 0.717) is 19.2 Å². The second-order valence-electron chi connectivity index (χ2n) is 5.21. The number of rotatable bonds is 3. The van der Waals surface area contributed by atoms with E-state index in [2.05, 4.69) is 11.8 Å². The van der Waals surface area contributed by atoms with Crippen LogP contribution in [0.2, 0.25) is 0 Å². The molecular formula is C13H23NO3. The van der Waals surface area contributed by atoms with Gasteiger partial charge in [0.05, 0.1) is 6.61 Å². The highest BCUT2D eigenvalue weighted by Gasteiger charge is 2.34. The number of nitrogens with zero attached hydrogens (tertiary/aromatic N) is 1. The quantitative estimate of drug-likeness (QED) is 0.817. The molecule has 4 nitrogen and oxygen atoms in total. The minimum Gasteiger partial charge on any atom is -0.479 e. The number of carboxylic acid groups (broad SMARTS) is 1. The molecule has 1 saturated carbocycles. The van der Waals surface area contributed by atoms with Crippen molar-refractivity contribution in [3.63, 3.8) is 0 Å². The van der Waals surface area contributed by atoms with Crippen molar-refractivity contribution in [3.8, 4) is 0 Å². The Labute approximate surface area is 103 Å². The van der Waals surface area contributed by atoms with Gasteiger partial charge in [0.15, 0.2) is 6.10 Å². The molecule has 0 amide bonds. The second kappa shape index (κ2) is 5.83. The SMILES string of the molecule is CCC1CCCCC1N1CCOC(C(=O)O)C1. The maximum absolute atomic E-state index is 11.0. The summed E-state index contributed by atoms with van der Waals surface area (Å²) in [6.45, 7) is 4.27. The van der Waals surface area contributed by atoms with Gasteiger partial charge < -0.3 is 9.84 Å². The van der Waals surface area contributed by atoms with E-state index in [4.69, 9.17) is 9.84 Å². The van der Waals surface area contributed by atoms with Gasteiger partial charge in [-0.2, -0.15) is 0 Å². The summed E-state index contributed by atoms with van der Waals surface area (Å²) in [5, 5.41) is 9.03. The van der Waals surface area contributed by atoms with E-state index in [0.717, 1.165) is 12.5 Å². The lowest BCUT2D eigenvalue weighted by Crippen LogP contribution is -2.53. The highest BCUT2D eigenvalue weighted by molar-refractivity contribution is 5.72. The lowest BCUT2D eigenvalue weighted by Gasteiger charge is -2.42. The van der Waals surface area contributed by atoms with Crippen LogP contribution < -0.4 is 0 Å². The van der Waals surface area contributed by atoms with E-state index >= 15 is 0 Å². The van der Waals surface area contributed by atoms with Crippen LogP contribution >= 0.6 is 0 Å². The van der Waals surface area contributed by atoms with Crippen LogP contribution in [0, 0.1) is 5.92 Å². The van der Waals surface area contributed by atoms with Gasteiger partial charge in [0.1, 0.15) is 0 Å². The molecule has 1 aliphatic carbocycles. The summed E-state index contributed by atoms with van der Waals surface area (Å²) in [5.41, 5.74) is 0. The van der Waals surface area contributed by atoms with Crippen LogP contribution in [-0.2, 0) is 9.53 Å². The summed E-state index contributed by atoms with van der Waals surface area (Å²) >= 11 is 0. The van der Waals surface area contributed by atoms with Gasteiger partial charge in [-0.25, -0.2) is 4.79 Å². The van der Waals surface area contributed by atoms with Crippen LogP contribution in [0.1, 0.15) is 39.0 Å². The lowest BCUT2D eigenvalue weighted by atomic mass is 9.81.